The molecule has 0 aromatic rings. The van der Waals surface area contributed by atoms with Crippen molar-refractivity contribution in [3.05, 3.63) is 0 Å². The molecule has 106 valence electrons. The third kappa shape index (κ3) is 3.48. The summed E-state index contributed by atoms with van der Waals surface area (Å²) in [5.74, 6) is 0.859. The van der Waals surface area contributed by atoms with E-state index in [1.165, 1.54) is 51.6 Å². The smallest absolute Gasteiger partial charge is 0.0218 e. The van der Waals surface area contributed by atoms with Crippen LogP contribution in [-0.4, -0.2) is 37.1 Å². The molecule has 1 heterocycles. The Bertz CT molecular complexity index is 256. The highest BCUT2D eigenvalue weighted by Gasteiger charge is 2.34. The van der Waals surface area contributed by atoms with Crippen LogP contribution >= 0.6 is 0 Å². The first-order valence-electron chi connectivity index (χ1n) is 7.92. The van der Waals surface area contributed by atoms with E-state index in [2.05, 4.69) is 38.0 Å². The van der Waals surface area contributed by atoms with E-state index in [1.807, 2.05) is 0 Å². The van der Waals surface area contributed by atoms with Crippen molar-refractivity contribution in [1.82, 2.24) is 10.2 Å². The van der Waals surface area contributed by atoms with E-state index in [4.69, 9.17) is 0 Å². The van der Waals surface area contributed by atoms with E-state index in [9.17, 15) is 0 Å². The quantitative estimate of drug-likeness (QED) is 0.829. The molecule has 1 N–H and O–H groups in total. The monoisotopic (exact) mass is 252 g/mol. The lowest BCUT2D eigenvalue weighted by atomic mass is 9.69. The minimum atomic E-state index is 0.458. The molecule has 2 heteroatoms. The Labute approximate surface area is 114 Å². The number of nitrogens with one attached hydrogen (secondary N) is 1. The van der Waals surface area contributed by atoms with Gasteiger partial charge < -0.3 is 10.2 Å². The van der Waals surface area contributed by atoms with E-state index in [-0.39, 0.29) is 0 Å². The summed E-state index contributed by atoms with van der Waals surface area (Å²) < 4.78 is 0. The number of hydrogen-bond donors (Lipinski definition) is 1. The summed E-state index contributed by atoms with van der Waals surface area (Å²) in [5.41, 5.74) is 0.458. The van der Waals surface area contributed by atoms with E-state index >= 15 is 0 Å². The molecule has 0 bridgehead atoms. The van der Waals surface area contributed by atoms with Gasteiger partial charge in [0.15, 0.2) is 0 Å². The molecule has 2 nitrogen and oxygen atoms in total. The third-order valence-electron chi connectivity index (χ3n) is 5.17. The van der Waals surface area contributed by atoms with Crippen LogP contribution in [-0.2, 0) is 0 Å². The summed E-state index contributed by atoms with van der Waals surface area (Å²) in [4.78, 5) is 2.53. The molecule has 1 saturated carbocycles. The molecule has 1 aliphatic heterocycles. The van der Waals surface area contributed by atoms with Crippen LogP contribution in [0.1, 0.15) is 59.3 Å². The van der Waals surface area contributed by atoms with Gasteiger partial charge in [-0.05, 0) is 50.6 Å². The number of hydrogen-bond acceptors (Lipinski definition) is 2. The van der Waals surface area contributed by atoms with Gasteiger partial charge in [0.25, 0.3) is 0 Å². The summed E-state index contributed by atoms with van der Waals surface area (Å²) in [6.45, 7) is 9.74. The second-order valence-electron chi connectivity index (χ2n) is 7.55. The van der Waals surface area contributed by atoms with Gasteiger partial charge in [-0.25, -0.2) is 0 Å². The summed E-state index contributed by atoms with van der Waals surface area (Å²) in [5, 5.41) is 3.91. The molecule has 0 spiro atoms. The van der Waals surface area contributed by atoms with Crippen LogP contribution in [0, 0.1) is 11.3 Å². The molecule has 18 heavy (non-hydrogen) atoms. The molecular weight excluding hydrogens is 220 g/mol. The van der Waals surface area contributed by atoms with Crippen molar-refractivity contribution in [2.45, 2.75) is 71.4 Å². The lowest BCUT2D eigenvalue weighted by Gasteiger charge is -2.41. The Balaban J connectivity index is 1.86. The molecule has 1 aliphatic carbocycles. The summed E-state index contributed by atoms with van der Waals surface area (Å²) in [7, 11) is 2.28. The van der Waals surface area contributed by atoms with Crippen molar-refractivity contribution in [2.75, 3.05) is 20.1 Å². The number of likely N-dealkylation sites (N-methyl/N-ethyl adjacent to an activating group) is 1. The normalized spacial score (nSPS) is 35.0. The van der Waals surface area contributed by atoms with Gasteiger partial charge in [-0.3, -0.25) is 0 Å². The minimum absolute atomic E-state index is 0.458. The summed E-state index contributed by atoms with van der Waals surface area (Å²) >= 11 is 0. The number of likely N-dealkylation sites (tertiary alicyclic amines) is 1. The maximum Gasteiger partial charge on any atom is 0.0218 e. The Morgan fingerprint density at radius 3 is 2.39 bits per heavy atom. The predicted octanol–water partition coefficient (Wildman–Crippen LogP) is 3.28. The van der Waals surface area contributed by atoms with Crippen LogP contribution in [0.5, 0.6) is 0 Å². The molecule has 3 unspecified atom stereocenters. The highest BCUT2D eigenvalue weighted by atomic mass is 15.2. The van der Waals surface area contributed by atoms with E-state index in [0.29, 0.717) is 5.41 Å². The van der Waals surface area contributed by atoms with Gasteiger partial charge in [0.1, 0.15) is 0 Å². The van der Waals surface area contributed by atoms with Crippen molar-refractivity contribution < 1.29 is 0 Å². The topological polar surface area (TPSA) is 15.3 Å². The molecule has 0 radical (unpaired) electrons. The molecule has 2 rings (SSSR count). The summed E-state index contributed by atoms with van der Waals surface area (Å²) in [6, 6.07) is 1.54. The highest BCUT2D eigenvalue weighted by molar-refractivity contribution is 4.90. The number of nitrogens with zero attached hydrogens (tertiary/aromatic N) is 1. The Morgan fingerprint density at radius 2 is 1.78 bits per heavy atom. The average molecular weight is 252 g/mol. The standard InChI is InChI=1S/C16H32N2/c1-16(2,3)14-9-5-6-10-15(14)17-12-13-8-7-11-18(13)4/h13-15,17H,5-12H2,1-4H3. The fourth-order valence-corrected chi connectivity index (χ4v) is 3.94. The minimum Gasteiger partial charge on any atom is -0.312 e. The zero-order chi connectivity index (χ0) is 13.2. The maximum absolute atomic E-state index is 3.91. The molecule has 3 atom stereocenters. The van der Waals surface area contributed by atoms with E-state index in [1.54, 1.807) is 0 Å². The number of rotatable bonds is 3. The molecular formula is C16H32N2. The van der Waals surface area contributed by atoms with Gasteiger partial charge in [-0.2, -0.15) is 0 Å². The highest BCUT2D eigenvalue weighted by Crippen LogP contribution is 2.38. The Kier molecular flexibility index (Phi) is 4.71. The fraction of sp³-hybridized carbons (Fsp3) is 1.00. The third-order valence-corrected chi connectivity index (χ3v) is 5.17. The molecule has 0 aromatic heterocycles. The van der Waals surface area contributed by atoms with Gasteiger partial charge in [-0.15, -0.1) is 0 Å². The van der Waals surface area contributed by atoms with Gasteiger partial charge in [-0.1, -0.05) is 33.6 Å². The first-order valence-corrected chi connectivity index (χ1v) is 7.92. The summed E-state index contributed by atoms with van der Waals surface area (Å²) in [6.07, 6.45) is 8.43. The molecule has 1 saturated heterocycles. The van der Waals surface area contributed by atoms with Crippen LogP contribution in [0.3, 0.4) is 0 Å². The second kappa shape index (κ2) is 5.92. The van der Waals surface area contributed by atoms with Crippen LogP contribution in [0.25, 0.3) is 0 Å². The molecule has 0 aromatic carbocycles. The Hall–Kier alpha value is -0.0800. The second-order valence-corrected chi connectivity index (χ2v) is 7.55. The van der Waals surface area contributed by atoms with Crippen molar-refractivity contribution in [2.24, 2.45) is 11.3 Å². The van der Waals surface area contributed by atoms with Crippen molar-refractivity contribution in [3.63, 3.8) is 0 Å². The van der Waals surface area contributed by atoms with E-state index in [0.717, 1.165) is 18.0 Å². The molecule has 2 fully saturated rings. The maximum atomic E-state index is 3.91. The Morgan fingerprint density at radius 1 is 1.06 bits per heavy atom. The average Bonchev–Trinajstić information content (AvgIpc) is 2.71. The van der Waals surface area contributed by atoms with Gasteiger partial charge >= 0.3 is 0 Å². The van der Waals surface area contributed by atoms with Gasteiger partial charge in [0.2, 0.25) is 0 Å². The van der Waals surface area contributed by atoms with Crippen molar-refractivity contribution >= 4 is 0 Å². The van der Waals surface area contributed by atoms with Crippen molar-refractivity contribution in [1.29, 1.82) is 0 Å². The first-order chi connectivity index (χ1) is 8.48. The lowest BCUT2D eigenvalue weighted by molar-refractivity contribution is 0.125. The SMILES string of the molecule is CN1CCCC1CNC1CCCCC1C(C)(C)C. The van der Waals surface area contributed by atoms with Crippen LogP contribution in [0.2, 0.25) is 0 Å². The zero-order valence-electron chi connectivity index (χ0n) is 12.8. The van der Waals surface area contributed by atoms with Gasteiger partial charge in [0, 0.05) is 18.6 Å². The molecule has 0 amide bonds. The van der Waals surface area contributed by atoms with Crippen molar-refractivity contribution in [3.8, 4) is 0 Å². The first kappa shape index (κ1) is 14.3. The van der Waals surface area contributed by atoms with Crippen LogP contribution < -0.4 is 5.32 Å². The van der Waals surface area contributed by atoms with E-state index < -0.39 is 0 Å². The van der Waals surface area contributed by atoms with Crippen LogP contribution in [0.15, 0.2) is 0 Å². The fourth-order valence-electron chi connectivity index (χ4n) is 3.94. The predicted molar refractivity (Wildman–Crippen MR) is 78.9 cm³/mol. The molecule has 2 aliphatic rings. The van der Waals surface area contributed by atoms with Crippen LogP contribution in [0.4, 0.5) is 0 Å². The lowest BCUT2D eigenvalue weighted by Crippen LogP contribution is -2.48. The zero-order valence-corrected chi connectivity index (χ0v) is 12.8. The van der Waals surface area contributed by atoms with Gasteiger partial charge in [0.05, 0.1) is 0 Å². The largest absolute Gasteiger partial charge is 0.312 e.